The van der Waals surface area contributed by atoms with E-state index >= 15 is 0 Å². The monoisotopic (exact) mass is 282 g/mol. The van der Waals surface area contributed by atoms with E-state index in [0.717, 1.165) is 31.2 Å². The van der Waals surface area contributed by atoms with Crippen LogP contribution in [0.1, 0.15) is 31.2 Å². The van der Waals surface area contributed by atoms with Gasteiger partial charge in [0.2, 0.25) is 10.0 Å². The van der Waals surface area contributed by atoms with Gasteiger partial charge >= 0.3 is 0 Å². The van der Waals surface area contributed by atoms with Crippen molar-refractivity contribution in [1.29, 1.82) is 0 Å². The van der Waals surface area contributed by atoms with Gasteiger partial charge in [-0.2, -0.15) is 4.31 Å². The number of rotatable bonds is 4. The maximum Gasteiger partial charge on any atom is 0.243 e. The molecule has 0 aromatic heterocycles. The van der Waals surface area contributed by atoms with Crippen LogP contribution in [0, 0.1) is 6.92 Å². The number of nitrogens with two attached hydrogens (primary N) is 1. The summed E-state index contributed by atoms with van der Waals surface area (Å²) in [7, 11) is -1.80. The van der Waals surface area contributed by atoms with Crippen molar-refractivity contribution in [3.8, 4) is 0 Å². The van der Waals surface area contributed by atoms with Crippen LogP contribution in [-0.4, -0.2) is 31.9 Å². The fraction of sp³-hybridized carbons (Fsp3) is 0.571. The highest BCUT2D eigenvalue weighted by atomic mass is 32.2. The Morgan fingerprint density at radius 3 is 2.21 bits per heavy atom. The number of likely N-dealkylation sites (N-methyl/N-ethyl adjacent to an activating group) is 1. The quantitative estimate of drug-likeness (QED) is 0.917. The first-order valence-corrected chi connectivity index (χ1v) is 8.12. The summed E-state index contributed by atoms with van der Waals surface area (Å²) in [6.45, 7) is 2.33. The molecule has 1 aliphatic carbocycles. The van der Waals surface area contributed by atoms with E-state index in [1.54, 1.807) is 19.2 Å². The number of benzene rings is 1. The van der Waals surface area contributed by atoms with E-state index in [1.807, 2.05) is 19.1 Å². The largest absolute Gasteiger partial charge is 0.329 e. The van der Waals surface area contributed by atoms with E-state index in [-0.39, 0.29) is 0 Å². The first kappa shape index (κ1) is 14.5. The van der Waals surface area contributed by atoms with Gasteiger partial charge in [-0.1, -0.05) is 30.5 Å². The molecule has 2 N–H and O–H groups in total. The smallest absolute Gasteiger partial charge is 0.243 e. The number of hydrogen-bond donors (Lipinski definition) is 1. The van der Waals surface area contributed by atoms with Crippen molar-refractivity contribution in [2.75, 3.05) is 13.6 Å². The lowest BCUT2D eigenvalue weighted by atomic mass is 9.98. The van der Waals surface area contributed by atoms with Crippen molar-refractivity contribution in [2.45, 2.75) is 43.0 Å². The Labute approximate surface area is 115 Å². The molecule has 106 valence electrons. The minimum absolute atomic E-state index is 0.348. The lowest BCUT2D eigenvalue weighted by molar-refractivity contribution is 0.230. The summed E-state index contributed by atoms with van der Waals surface area (Å²) >= 11 is 0. The van der Waals surface area contributed by atoms with E-state index in [9.17, 15) is 8.42 Å². The molecule has 5 heteroatoms. The maximum atomic E-state index is 12.7. The molecule has 1 fully saturated rings. The molecule has 1 saturated carbocycles. The summed E-state index contributed by atoms with van der Waals surface area (Å²) in [6.07, 6.45) is 3.80. The lowest BCUT2D eigenvalue weighted by Crippen LogP contribution is -2.52. The number of nitrogens with zero attached hydrogens (tertiary/aromatic N) is 1. The highest BCUT2D eigenvalue weighted by Gasteiger charge is 2.42. The predicted molar refractivity (Wildman–Crippen MR) is 76.4 cm³/mol. The molecule has 0 amide bonds. The highest BCUT2D eigenvalue weighted by Crippen LogP contribution is 2.36. The Morgan fingerprint density at radius 2 is 1.74 bits per heavy atom. The average Bonchev–Trinajstić information content (AvgIpc) is 2.88. The van der Waals surface area contributed by atoms with E-state index < -0.39 is 15.6 Å². The van der Waals surface area contributed by atoms with Crippen molar-refractivity contribution in [1.82, 2.24) is 4.31 Å². The average molecular weight is 282 g/mol. The Morgan fingerprint density at radius 1 is 1.21 bits per heavy atom. The van der Waals surface area contributed by atoms with Gasteiger partial charge in [0.25, 0.3) is 0 Å². The SMILES string of the molecule is Cc1ccc(S(=O)(=O)N(C)C2(CN)CCCC2)cc1. The normalized spacial score (nSPS) is 18.9. The van der Waals surface area contributed by atoms with Crippen LogP contribution >= 0.6 is 0 Å². The zero-order chi connectivity index (χ0) is 14.1. The van der Waals surface area contributed by atoms with Gasteiger partial charge in [-0.05, 0) is 31.9 Å². The Hall–Kier alpha value is -0.910. The maximum absolute atomic E-state index is 12.7. The third-order valence-corrected chi connectivity index (χ3v) is 6.24. The van der Waals surface area contributed by atoms with Gasteiger partial charge in [0.05, 0.1) is 4.90 Å². The van der Waals surface area contributed by atoms with Gasteiger partial charge in [-0.25, -0.2) is 8.42 Å². The van der Waals surface area contributed by atoms with Crippen molar-refractivity contribution in [2.24, 2.45) is 5.73 Å². The molecule has 0 unspecified atom stereocenters. The molecule has 0 radical (unpaired) electrons. The van der Waals surface area contributed by atoms with Crippen LogP contribution in [0.25, 0.3) is 0 Å². The molecule has 1 aromatic carbocycles. The van der Waals surface area contributed by atoms with Gasteiger partial charge in [-0.15, -0.1) is 0 Å². The van der Waals surface area contributed by atoms with Crippen molar-refractivity contribution < 1.29 is 8.42 Å². The molecule has 0 aliphatic heterocycles. The van der Waals surface area contributed by atoms with Crippen LogP contribution in [0.4, 0.5) is 0 Å². The topological polar surface area (TPSA) is 63.4 Å². The zero-order valence-electron chi connectivity index (χ0n) is 11.6. The molecule has 1 aromatic rings. The van der Waals surface area contributed by atoms with Crippen LogP contribution in [-0.2, 0) is 10.0 Å². The van der Waals surface area contributed by atoms with Gasteiger partial charge in [0, 0.05) is 19.1 Å². The Bertz CT molecular complexity index is 531. The van der Waals surface area contributed by atoms with Gasteiger partial charge in [-0.3, -0.25) is 0 Å². The fourth-order valence-electron chi connectivity index (χ4n) is 2.80. The second kappa shape index (κ2) is 5.23. The second-order valence-electron chi connectivity index (χ2n) is 5.42. The summed E-state index contributed by atoms with van der Waals surface area (Å²) in [4.78, 5) is 0.348. The zero-order valence-corrected chi connectivity index (χ0v) is 12.4. The molecule has 2 rings (SSSR count). The summed E-state index contributed by atoms with van der Waals surface area (Å²) in [6, 6.07) is 6.98. The van der Waals surface area contributed by atoms with Crippen molar-refractivity contribution in [3.05, 3.63) is 29.8 Å². The van der Waals surface area contributed by atoms with Gasteiger partial charge in [0.15, 0.2) is 0 Å². The number of sulfonamides is 1. The summed E-state index contributed by atoms with van der Waals surface area (Å²) in [5, 5.41) is 0. The van der Waals surface area contributed by atoms with E-state index in [0.29, 0.717) is 11.4 Å². The van der Waals surface area contributed by atoms with Crippen LogP contribution in [0.5, 0.6) is 0 Å². The first-order chi connectivity index (χ1) is 8.92. The lowest BCUT2D eigenvalue weighted by Gasteiger charge is -2.36. The van der Waals surface area contributed by atoms with E-state index in [1.165, 1.54) is 4.31 Å². The van der Waals surface area contributed by atoms with Crippen molar-refractivity contribution >= 4 is 10.0 Å². The fourth-order valence-corrected chi connectivity index (χ4v) is 4.37. The molecule has 1 aliphatic rings. The minimum Gasteiger partial charge on any atom is -0.329 e. The third kappa shape index (κ3) is 2.55. The first-order valence-electron chi connectivity index (χ1n) is 6.68. The molecule has 0 spiro atoms. The van der Waals surface area contributed by atoms with E-state index in [4.69, 9.17) is 5.73 Å². The van der Waals surface area contributed by atoms with E-state index in [2.05, 4.69) is 0 Å². The van der Waals surface area contributed by atoms with Gasteiger partial charge < -0.3 is 5.73 Å². The second-order valence-corrected chi connectivity index (χ2v) is 7.39. The number of aryl methyl sites for hydroxylation is 1. The molecule has 0 heterocycles. The van der Waals surface area contributed by atoms with Crippen LogP contribution in [0.2, 0.25) is 0 Å². The van der Waals surface area contributed by atoms with Gasteiger partial charge in [0.1, 0.15) is 0 Å². The van der Waals surface area contributed by atoms with Crippen LogP contribution < -0.4 is 5.73 Å². The summed E-state index contributed by atoms with van der Waals surface area (Å²) < 4.78 is 26.8. The molecule has 19 heavy (non-hydrogen) atoms. The van der Waals surface area contributed by atoms with Crippen molar-refractivity contribution in [3.63, 3.8) is 0 Å². The molecule has 4 nitrogen and oxygen atoms in total. The predicted octanol–water partition coefficient (Wildman–Crippen LogP) is 1.89. The highest BCUT2D eigenvalue weighted by molar-refractivity contribution is 7.89. The minimum atomic E-state index is -3.46. The Kier molecular flexibility index (Phi) is 3.99. The standard InChI is InChI=1S/C14H22N2O2S/c1-12-5-7-13(8-6-12)19(17,18)16(2)14(11-15)9-3-4-10-14/h5-8H,3-4,9-11,15H2,1-2H3. The number of hydrogen-bond acceptors (Lipinski definition) is 3. The molecule has 0 saturated heterocycles. The molecular formula is C14H22N2O2S. The molecule has 0 atom stereocenters. The summed E-state index contributed by atoms with van der Waals surface area (Å²) in [5.41, 5.74) is 6.52. The Balaban J connectivity index is 2.36. The van der Waals surface area contributed by atoms with Crippen LogP contribution in [0.3, 0.4) is 0 Å². The molecule has 0 bridgehead atoms. The third-order valence-electron chi connectivity index (χ3n) is 4.26. The van der Waals surface area contributed by atoms with Crippen LogP contribution in [0.15, 0.2) is 29.2 Å². The summed E-state index contributed by atoms with van der Waals surface area (Å²) in [5.74, 6) is 0. The molecular weight excluding hydrogens is 260 g/mol.